The average molecular weight is 258 g/mol. The molecule has 0 aromatic heterocycles. The molecule has 1 rings (SSSR count). The van der Waals surface area contributed by atoms with Gasteiger partial charge in [0.15, 0.2) is 0 Å². The topological polar surface area (TPSA) is 17.1 Å². The standard InChI is InChI=1S/C18H26O/c1-6-13(2)11-17(12-15(4)16(5)19)18-10-8-7-9-14(18)3/h7-11,13,15H,6,12H2,1-5H3/b17-11-. The Morgan fingerprint density at radius 3 is 2.42 bits per heavy atom. The molecule has 104 valence electrons. The van der Waals surface area contributed by atoms with Crippen LogP contribution in [0.4, 0.5) is 0 Å². The Bertz CT molecular complexity index is 457. The van der Waals surface area contributed by atoms with Gasteiger partial charge < -0.3 is 0 Å². The SMILES string of the molecule is CCC(C)/C=C(/CC(C)C(C)=O)c1ccccc1C. The van der Waals surface area contributed by atoms with Crippen LogP contribution in [0, 0.1) is 18.8 Å². The third-order valence-electron chi connectivity index (χ3n) is 3.84. The molecular weight excluding hydrogens is 232 g/mol. The van der Waals surface area contributed by atoms with Gasteiger partial charge in [0.2, 0.25) is 0 Å². The van der Waals surface area contributed by atoms with E-state index < -0.39 is 0 Å². The van der Waals surface area contributed by atoms with Gasteiger partial charge in [-0.2, -0.15) is 0 Å². The fourth-order valence-electron chi connectivity index (χ4n) is 2.14. The maximum atomic E-state index is 11.5. The van der Waals surface area contributed by atoms with Crippen molar-refractivity contribution in [3.05, 3.63) is 41.5 Å². The van der Waals surface area contributed by atoms with Crippen LogP contribution in [0.2, 0.25) is 0 Å². The molecule has 19 heavy (non-hydrogen) atoms. The normalized spacial score (nSPS) is 15.1. The number of ketones is 1. The molecule has 0 heterocycles. The molecule has 0 aliphatic heterocycles. The lowest BCUT2D eigenvalue weighted by atomic mass is 9.88. The molecular formula is C18H26O. The van der Waals surface area contributed by atoms with Crippen LogP contribution >= 0.6 is 0 Å². The number of carbonyl (C=O) groups excluding carboxylic acids is 1. The maximum absolute atomic E-state index is 11.5. The first-order chi connectivity index (χ1) is 8.95. The van der Waals surface area contributed by atoms with Crippen LogP contribution < -0.4 is 0 Å². The van der Waals surface area contributed by atoms with Gasteiger partial charge in [-0.1, -0.05) is 57.5 Å². The summed E-state index contributed by atoms with van der Waals surface area (Å²) >= 11 is 0. The van der Waals surface area contributed by atoms with Gasteiger partial charge in [-0.05, 0) is 42.9 Å². The number of allylic oxidation sites excluding steroid dienone is 2. The Kier molecular flexibility index (Phi) is 6.01. The van der Waals surface area contributed by atoms with Crippen LogP contribution in [0.5, 0.6) is 0 Å². The quantitative estimate of drug-likeness (QED) is 0.698. The van der Waals surface area contributed by atoms with E-state index in [0.717, 1.165) is 12.8 Å². The van der Waals surface area contributed by atoms with Crippen molar-refractivity contribution in [2.75, 3.05) is 0 Å². The molecule has 0 spiro atoms. The fraction of sp³-hybridized carbons (Fsp3) is 0.500. The van der Waals surface area contributed by atoms with Crippen molar-refractivity contribution in [2.45, 2.75) is 47.5 Å². The second kappa shape index (κ2) is 7.28. The third-order valence-corrected chi connectivity index (χ3v) is 3.84. The van der Waals surface area contributed by atoms with E-state index in [1.807, 2.05) is 6.92 Å². The van der Waals surface area contributed by atoms with Gasteiger partial charge in [0.25, 0.3) is 0 Å². The van der Waals surface area contributed by atoms with E-state index in [1.54, 1.807) is 6.92 Å². The minimum Gasteiger partial charge on any atom is -0.300 e. The molecule has 2 atom stereocenters. The van der Waals surface area contributed by atoms with Gasteiger partial charge in [0.05, 0.1) is 0 Å². The molecule has 0 aliphatic carbocycles. The van der Waals surface area contributed by atoms with Gasteiger partial charge in [-0.25, -0.2) is 0 Å². The van der Waals surface area contributed by atoms with Crippen LogP contribution in [0.3, 0.4) is 0 Å². The average Bonchev–Trinajstić information content (AvgIpc) is 2.38. The van der Waals surface area contributed by atoms with E-state index in [-0.39, 0.29) is 11.7 Å². The van der Waals surface area contributed by atoms with E-state index in [9.17, 15) is 4.79 Å². The highest BCUT2D eigenvalue weighted by atomic mass is 16.1. The number of rotatable bonds is 6. The van der Waals surface area contributed by atoms with Crippen molar-refractivity contribution >= 4 is 11.4 Å². The predicted molar refractivity (Wildman–Crippen MR) is 83.1 cm³/mol. The predicted octanol–water partition coefficient (Wildman–Crippen LogP) is 5.04. The first kappa shape index (κ1) is 15.7. The highest BCUT2D eigenvalue weighted by Gasteiger charge is 2.14. The molecule has 1 aromatic rings. The van der Waals surface area contributed by atoms with Gasteiger partial charge >= 0.3 is 0 Å². The Morgan fingerprint density at radius 1 is 1.26 bits per heavy atom. The minimum absolute atomic E-state index is 0.0925. The number of hydrogen-bond acceptors (Lipinski definition) is 1. The number of aryl methyl sites for hydroxylation is 1. The van der Waals surface area contributed by atoms with E-state index in [2.05, 4.69) is 51.1 Å². The summed E-state index contributed by atoms with van der Waals surface area (Å²) in [5.41, 5.74) is 3.89. The van der Waals surface area contributed by atoms with E-state index in [4.69, 9.17) is 0 Å². The zero-order valence-electron chi connectivity index (χ0n) is 12.9. The molecule has 0 radical (unpaired) electrons. The highest BCUT2D eigenvalue weighted by molar-refractivity contribution is 5.81. The fourth-order valence-corrected chi connectivity index (χ4v) is 2.14. The summed E-state index contributed by atoms with van der Waals surface area (Å²) in [5.74, 6) is 0.910. The Morgan fingerprint density at radius 2 is 1.89 bits per heavy atom. The second-order valence-corrected chi connectivity index (χ2v) is 5.61. The number of benzene rings is 1. The zero-order valence-corrected chi connectivity index (χ0v) is 12.9. The van der Waals surface area contributed by atoms with Crippen LogP contribution in [0.15, 0.2) is 30.3 Å². The molecule has 1 nitrogen and oxygen atoms in total. The van der Waals surface area contributed by atoms with E-state index >= 15 is 0 Å². The first-order valence-electron chi connectivity index (χ1n) is 7.22. The zero-order chi connectivity index (χ0) is 14.4. The summed E-state index contributed by atoms with van der Waals surface area (Å²) in [6, 6.07) is 8.44. The Balaban J connectivity index is 3.10. The number of carbonyl (C=O) groups is 1. The lowest BCUT2D eigenvalue weighted by Gasteiger charge is -2.16. The highest BCUT2D eigenvalue weighted by Crippen LogP contribution is 2.27. The Hall–Kier alpha value is -1.37. The first-order valence-corrected chi connectivity index (χ1v) is 7.22. The summed E-state index contributed by atoms with van der Waals surface area (Å²) in [6.07, 6.45) is 4.30. The third kappa shape index (κ3) is 4.66. The van der Waals surface area contributed by atoms with Gasteiger partial charge in [0, 0.05) is 5.92 Å². The minimum atomic E-state index is 0.0925. The lowest BCUT2D eigenvalue weighted by molar-refractivity contribution is -0.120. The molecule has 0 fully saturated rings. The summed E-state index contributed by atoms with van der Waals surface area (Å²) in [7, 11) is 0. The van der Waals surface area contributed by atoms with Gasteiger partial charge in [-0.3, -0.25) is 4.79 Å². The summed E-state index contributed by atoms with van der Waals surface area (Å²) in [6.45, 7) is 10.3. The van der Waals surface area contributed by atoms with Crippen molar-refractivity contribution < 1.29 is 4.79 Å². The molecule has 0 bridgehead atoms. The molecule has 1 heteroatoms. The smallest absolute Gasteiger partial charge is 0.132 e. The molecule has 0 saturated heterocycles. The molecule has 0 saturated carbocycles. The van der Waals surface area contributed by atoms with Crippen LogP contribution in [-0.4, -0.2) is 5.78 Å². The van der Waals surface area contributed by atoms with Crippen molar-refractivity contribution in [1.29, 1.82) is 0 Å². The van der Waals surface area contributed by atoms with Crippen molar-refractivity contribution in [2.24, 2.45) is 11.8 Å². The van der Waals surface area contributed by atoms with Gasteiger partial charge in [-0.15, -0.1) is 0 Å². The van der Waals surface area contributed by atoms with Crippen molar-refractivity contribution in [3.8, 4) is 0 Å². The van der Waals surface area contributed by atoms with Gasteiger partial charge in [0.1, 0.15) is 5.78 Å². The van der Waals surface area contributed by atoms with Crippen LogP contribution in [0.1, 0.15) is 51.7 Å². The molecule has 0 N–H and O–H groups in total. The second-order valence-electron chi connectivity index (χ2n) is 5.61. The molecule has 1 aromatic carbocycles. The van der Waals surface area contributed by atoms with E-state index in [0.29, 0.717) is 5.92 Å². The van der Waals surface area contributed by atoms with E-state index in [1.165, 1.54) is 16.7 Å². The molecule has 2 unspecified atom stereocenters. The van der Waals surface area contributed by atoms with Crippen LogP contribution in [-0.2, 0) is 4.79 Å². The Labute approximate surface area is 117 Å². The number of Topliss-reactive ketones (excluding diaryl/α,β-unsaturated/α-hetero) is 1. The summed E-state index contributed by atoms with van der Waals surface area (Å²) < 4.78 is 0. The lowest BCUT2D eigenvalue weighted by Crippen LogP contribution is -2.08. The van der Waals surface area contributed by atoms with Crippen LogP contribution in [0.25, 0.3) is 5.57 Å². The van der Waals surface area contributed by atoms with Crippen molar-refractivity contribution in [1.82, 2.24) is 0 Å². The molecule has 0 aliphatic rings. The maximum Gasteiger partial charge on any atom is 0.132 e. The summed E-state index contributed by atoms with van der Waals surface area (Å²) in [4.78, 5) is 11.5. The van der Waals surface area contributed by atoms with Crippen molar-refractivity contribution in [3.63, 3.8) is 0 Å². The molecule has 0 amide bonds. The summed E-state index contributed by atoms with van der Waals surface area (Å²) in [5, 5.41) is 0. The largest absolute Gasteiger partial charge is 0.300 e. The monoisotopic (exact) mass is 258 g/mol. The number of hydrogen-bond donors (Lipinski definition) is 0.